The Kier molecular flexibility index (Phi) is 17.8. The lowest BCUT2D eigenvalue weighted by Gasteiger charge is -2.10. The second kappa shape index (κ2) is 29.2. The fourth-order valence-corrected chi connectivity index (χ4v) is 11.2. The van der Waals surface area contributed by atoms with E-state index < -0.39 is 19.6 Å². The lowest BCUT2D eigenvalue weighted by molar-refractivity contribution is -0.660. The van der Waals surface area contributed by atoms with E-state index in [1.807, 2.05) is 84.9 Å². The van der Waals surface area contributed by atoms with Crippen molar-refractivity contribution >= 4 is 0 Å². The van der Waals surface area contributed by atoms with Crippen molar-refractivity contribution in [1.29, 1.82) is 0 Å². The zero-order chi connectivity index (χ0) is 68.4. The molecule has 8 aromatic carbocycles. The second-order valence-electron chi connectivity index (χ2n) is 23.1. The topological polar surface area (TPSA) is 15.5 Å². The second-order valence-corrected chi connectivity index (χ2v) is 23.1. The molecule has 0 aliphatic carbocycles. The van der Waals surface area contributed by atoms with Gasteiger partial charge in [-0.3, -0.25) is 0 Å². The highest BCUT2D eigenvalue weighted by molar-refractivity contribution is 5.75. The smallest absolute Gasteiger partial charge is 0.201 e. The highest BCUT2D eigenvalue weighted by atomic mass is 14.9. The van der Waals surface area contributed by atoms with Crippen LogP contribution >= 0.6 is 0 Å². The van der Waals surface area contributed by atoms with Gasteiger partial charge < -0.3 is 0 Å². The lowest BCUT2D eigenvalue weighted by Crippen LogP contribution is -2.31. The maximum Gasteiger partial charge on any atom is 0.212 e. The van der Waals surface area contributed by atoms with E-state index in [9.17, 15) is 0 Å². The van der Waals surface area contributed by atoms with E-state index >= 15 is 0 Å². The fourth-order valence-electron chi connectivity index (χ4n) is 11.2. The summed E-state index contributed by atoms with van der Waals surface area (Å²) in [7, 11) is 8.04. The molecule has 0 amide bonds. The van der Waals surface area contributed by atoms with Crippen LogP contribution in [0.25, 0.3) is 89.5 Å². The third kappa shape index (κ3) is 15.5. The summed E-state index contributed by atoms with van der Waals surface area (Å²) in [6.07, 6.45) is 8.89. The molecular weight excluding hydrogens is 1060 g/mol. The van der Waals surface area contributed by atoms with Crippen molar-refractivity contribution in [2.75, 3.05) is 0 Å². The van der Waals surface area contributed by atoms with Gasteiger partial charge in [-0.1, -0.05) is 191 Å². The van der Waals surface area contributed by atoms with Crippen molar-refractivity contribution < 1.29 is 27.9 Å². The first-order valence-electron chi connectivity index (χ1n) is 33.8. The third-order valence-electron chi connectivity index (χ3n) is 16.4. The van der Waals surface area contributed by atoms with Gasteiger partial charge in [0.1, 0.15) is 28.2 Å². The number of aryl methyl sites for hydroxylation is 12. The number of benzene rings is 8. The monoisotopic (exact) mass is 1160 g/mol. The Morgan fingerprint density at radius 3 is 1.06 bits per heavy atom. The SMILES string of the molecule is CCc1cc[n+](C)c(-c2ccc(-c3ccccc3)cc2C)c1.Cc1cc[n+](C)c(-c2ccc(-c3ccccc3)cc2C)c1.[2H]C([2H])([2H])C([2H])(C)c1cc[n+](C)c(-c2ccc(-c3ccccc3)cc2C)c1.[2H]C([2H])([2H])c1c[n+](C)c(-c2ccc(-c3ccccc3)cc2C)cc1C. The first-order valence-corrected chi connectivity index (χ1v) is 30.3. The van der Waals surface area contributed by atoms with Gasteiger partial charge in [0, 0.05) is 79.9 Å². The third-order valence-corrected chi connectivity index (χ3v) is 16.4. The Morgan fingerprint density at radius 1 is 0.341 bits per heavy atom. The number of aromatic nitrogens is 4. The number of nitrogens with zero attached hydrogens (tertiary/aromatic N) is 4. The van der Waals surface area contributed by atoms with Gasteiger partial charge in [0.25, 0.3) is 0 Å². The van der Waals surface area contributed by atoms with E-state index in [2.05, 4.69) is 259 Å². The van der Waals surface area contributed by atoms with Crippen LogP contribution in [-0.4, -0.2) is 0 Å². The normalized spacial score (nSPS) is 12.9. The summed E-state index contributed by atoms with van der Waals surface area (Å²) in [5, 5.41) is 0. The van der Waals surface area contributed by atoms with Gasteiger partial charge in [0.15, 0.2) is 24.8 Å². The summed E-state index contributed by atoms with van der Waals surface area (Å²) < 4.78 is 62.7. The van der Waals surface area contributed by atoms with Crippen LogP contribution < -0.4 is 18.3 Å². The molecule has 0 saturated heterocycles. The van der Waals surface area contributed by atoms with Gasteiger partial charge in [-0.25, -0.2) is 18.3 Å². The Labute approximate surface area is 535 Å². The van der Waals surface area contributed by atoms with Crippen molar-refractivity contribution in [3.8, 4) is 89.5 Å². The Bertz CT molecular complexity index is 4620. The zero-order valence-electron chi connectivity index (χ0n) is 60.3. The van der Waals surface area contributed by atoms with Crippen molar-refractivity contribution in [2.45, 2.75) is 81.4 Å². The highest BCUT2D eigenvalue weighted by Crippen LogP contribution is 2.32. The van der Waals surface area contributed by atoms with Crippen LogP contribution in [0.2, 0.25) is 0 Å². The molecule has 12 aromatic rings. The number of pyridine rings is 4. The molecule has 0 spiro atoms. The average molecular weight is 1160 g/mol. The molecule has 0 bridgehead atoms. The molecular formula is C84H88N4+4. The van der Waals surface area contributed by atoms with Crippen molar-refractivity contribution in [3.05, 3.63) is 311 Å². The molecule has 4 heteroatoms. The van der Waals surface area contributed by atoms with E-state index in [0.717, 1.165) is 56.8 Å². The largest absolute Gasteiger partial charge is 0.212 e. The minimum atomic E-state index is -2.39. The summed E-state index contributed by atoms with van der Waals surface area (Å²) in [4.78, 5) is 0. The lowest BCUT2D eigenvalue weighted by atomic mass is 9.96. The number of hydrogen-bond donors (Lipinski definition) is 0. The summed E-state index contributed by atoms with van der Waals surface area (Å²) in [5.74, 6) is -1.66. The van der Waals surface area contributed by atoms with E-state index in [1.165, 1.54) is 85.1 Å². The van der Waals surface area contributed by atoms with E-state index in [0.29, 0.717) is 11.1 Å². The van der Waals surface area contributed by atoms with Crippen LogP contribution in [-0.2, 0) is 34.6 Å². The van der Waals surface area contributed by atoms with Gasteiger partial charge in [-0.15, -0.1) is 0 Å². The molecule has 0 saturated carbocycles. The predicted octanol–water partition coefficient (Wildman–Crippen LogP) is 19.2. The number of hydrogen-bond acceptors (Lipinski definition) is 0. The first-order chi connectivity index (χ1) is 45.2. The molecule has 0 fully saturated rings. The molecule has 0 aliphatic heterocycles. The molecule has 1 atom stereocenters. The van der Waals surface area contributed by atoms with Gasteiger partial charge >= 0.3 is 0 Å². The molecule has 440 valence electrons. The Hall–Kier alpha value is -9.64. The predicted molar refractivity (Wildman–Crippen MR) is 371 cm³/mol. The summed E-state index contributed by atoms with van der Waals surface area (Å²) in [6, 6.07) is 82.1. The van der Waals surface area contributed by atoms with E-state index in [1.54, 1.807) is 12.3 Å². The first kappa shape index (κ1) is 53.8. The summed E-state index contributed by atoms with van der Waals surface area (Å²) in [6.45, 7) is 11.7. The maximum absolute atomic E-state index is 8.38. The molecule has 0 radical (unpaired) electrons. The maximum atomic E-state index is 8.38. The minimum Gasteiger partial charge on any atom is -0.201 e. The van der Waals surface area contributed by atoms with Crippen LogP contribution in [0.15, 0.2) is 261 Å². The molecule has 4 aromatic heterocycles. The quantitative estimate of drug-likeness (QED) is 0.121. The van der Waals surface area contributed by atoms with Crippen LogP contribution in [0.3, 0.4) is 0 Å². The minimum absolute atomic E-state index is 0.400. The Balaban J connectivity index is 0.000000150. The molecule has 4 heterocycles. The molecule has 4 nitrogen and oxygen atoms in total. The summed E-state index contributed by atoms with van der Waals surface area (Å²) in [5.41, 5.74) is 28.1. The van der Waals surface area contributed by atoms with Gasteiger partial charge in [-0.2, -0.15) is 0 Å². The van der Waals surface area contributed by atoms with Crippen LogP contribution in [0.1, 0.15) is 86.3 Å². The van der Waals surface area contributed by atoms with E-state index in [4.69, 9.17) is 9.60 Å². The highest BCUT2D eigenvalue weighted by Gasteiger charge is 2.19. The molecule has 0 aliphatic rings. The number of rotatable bonds is 10. The average Bonchev–Trinajstić information content (AvgIpc) is 1.34. The molecule has 0 N–H and O–H groups in total. The van der Waals surface area contributed by atoms with Gasteiger partial charge in [-0.05, 0) is 174 Å². The van der Waals surface area contributed by atoms with Crippen LogP contribution in [0.4, 0.5) is 0 Å². The van der Waals surface area contributed by atoms with Crippen molar-refractivity contribution in [1.82, 2.24) is 0 Å². The summed E-state index contributed by atoms with van der Waals surface area (Å²) >= 11 is 0. The van der Waals surface area contributed by atoms with Crippen LogP contribution in [0, 0.1) is 48.4 Å². The molecule has 1 unspecified atom stereocenters. The molecule has 88 heavy (non-hydrogen) atoms. The van der Waals surface area contributed by atoms with Crippen molar-refractivity contribution in [3.63, 3.8) is 0 Å². The van der Waals surface area contributed by atoms with Crippen LogP contribution in [0.5, 0.6) is 0 Å². The standard InChI is InChI=1S/C22H24N.2C21H22N.C20H20N/c1-16(2)19-12-13-23(4)22(15-19)21-11-10-20(14-17(21)3)18-8-6-5-7-9-18;1-15-13-21(22(4)14-17(15)3)20-11-10-19(12-16(20)2)18-8-6-5-7-9-18;1-4-17-12-13-22(3)21(15-17)20-11-10-19(14-16(20)2)18-8-6-5-7-9-18;1-15-11-12-21(3)20(13-15)19-10-9-18(14-16(19)2)17-7-5-4-6-8-17/h5-16H,1-4H3;5-14H,1-4H3;5-15H,4H2,1-3H3;4-14H,1-3H3/q4*+1/i1D3,16D;3D3;;. The Morgan fingerprint density at radius 2 is 0.693 bits per heavy atom. The van der Waals surface area contributed by atoms with Crippen molar-refractivity contribution in [2.24, 2.45) is 28.2 Å². The zero-order valence-corrected chi connectivity index (χ0v) is 53.3. The van der Waals surface area contributed by atoms with Gasteiger partial charge in [0.05, 0.1) is 0 Å². The fraction of sp³-hybridized carbons (Fsp3) is 0.190. The van der Waals surface area contributed by atoms with E-state index in [-0.39, 0.29) is 0 Å². The molecule has 12 rings (SSSR count). The van der Waals surface area contributed by atoms with Gasteiger partial charge in [0.2, 0.25) is 22.8 Å².